The largest absolute Gasteiger partial charge is 0.493 e. The van der Waals surface area contributed by atoms with Gasteiger partial charge in [0.05, 0.1) is 7.11 Å². The number of rotatable bonds is 2. The van der Waals surface area contributed by atoms with E-state index in [1.807, 2.05) is 0 Å². The molecule has 0 amide bonds. The number of hydrogen-bond donors (Lipinski definition) is 0. The predicted octanol–water partition coefficient (Wildman–Crippen LogP) is 3.95. The van der Waals surface area contributed by atoms with Gasteiger partial charge in [-0.3, -0.25) is 4.79 Å². The molecule has 0 spiro atoms. The van der Waals surface area contributed by atoms with Gasteiger partial charge in [-0.05, 0) is 42.5 Å². The van der Waals surface area contributed by atoms with Gasteiger partial charge in [-0.1, -0.05) is 6.92 Å². The first-order valence-corrected chi connectivity index (χ1v) is 6.80. The molecule has 1 aliphatic rings. The lowest BCUT2D eigenvalue weighted by Crippen LogP contribution is -2.09. The molecule has 0 saturated heterocycles. The van der Waals surface area contributed by atoms with Crippen molar-refractivity contribution in [1.29, 1.82) is 0 Å². The molecule has 3 rings (SSSR count). The summed E-state index contributed by atoms with van der Waals surface area (Å²) in [7, 11) is 1.60. The summed E-state index contributed by atoms with van der Waals surface area (Å²) in [5.41, 5.74) is 2.28. The van der Waals surface area contributed by atoms with E-state index in [-0.39, 0.29) is 0 Å². The lowest BCUT2D eigenvalue weighted by Gasteiger charge is -2.16. The number of ether oxygens (including phenoxy) is 1. The van der Waals surface area contributed by atoms with E-state index in [2.05, 4.69) is 6.92 Å². The van der Waals surface area contributed by atoms with Gasteiger partial charge in [0.1, 0.15) is 5.76 Å². The van der Waals surface area contributed by atoms with E-state index in [0.29, 0.717) is 22.8 Å². The molecule has 1 atom stereocenters. The van der Waals surface area contributed by atoms with Gasteiger partial charge in [-0.2, -0.15) is 0 Å². The number of methoxy groups -OCH3 is 1. The molecule has 1 aromatic carbocycles. The van der Waals surface area contributed by atoms with Crippen LogP contribution in [0.1, 0.15) is 35.0 Å². The third kappa shape index (κ3) is 1.93. The molecule has 0 fully saturated rings. The van der Waals surface area contributed by atoms with E-state index >= 15 is 0 Å². The minimum atomic E-state index is -0.449. The molecule has 4 heteroatoms. The van der Waals surface area contributed by atoms with Crippen molar-refractivity contribution in [2.75, 3.05) is 7.11 Å². The monoisotopic (exact) mass is 278 g/mol. The van der Waals surface area contributed by atoms with E-state index in [9.17, 15) is 4.79 Å². The molecular weight excluding hydrogens is 264 g/mol. The molecule has 100 valence electrons. The number of halogens is 1. The number of hydrogen-bond acceptors (Lipinski definition) is 3. The Kier molecular flexibility index (Phi) is 3.02. The first kappa shape index (κ1) is 12.5. The van der Waals surface area contributed by atoms with Crippen LogP contribution in [0.2, 0.25) is 0 Å². The molecule has 1 heterocycles. The van der Waals surface area contributed by atoms with Crippen molar-refractivity contribution >= 4 is 27.8 Å². The lowest BCUT2D eigenvalue weighted by atomic mass is 9.87. The summed E-state index contributed by atoms with van der Waals surface area (Å²) in [6.07, 6.45) is 2.94. The van der Waals surface area contributed by atoms with Gasteiger partial charge in [0.25, 0.3) is 5.24 Å². The summed E-state index contributed by atoms with van der Waals surface area (Å²) in [5, 5.41) is 0.385. The Morgan fingerprint density at radius 3 is 2.95 bits per heavy atom. The van der Waals surface area contributed by atoms with Crippen molar-refractivity contribution in [2.45, 2.75) is 26.2 Å². The van der Waals surface area contributed by atoms with Crippen molar-refractivity contribution in [3.63, 3.8) is 0 Å². The molecule has 0 aliphatic heterocycles. The van der Waals surface area contributed by atoms with Crippen molar-refractivity contribution in [3.8, 4) is 5.75 Å². The smallest absolute Gasteiger partial charge is 0.253 e. The second-order valence-electron chi connectivity index (χ2n) is 5.14. The van der Waals surface area contributed by atoms with E-state index in [0.717, 1.165) is 36.0 Å². The third-order valence-corrected chi connectivity index (χ3v) is 4.04. The quantitative estimate of drug-likeness (QED) is 0.781. The Bertz CT molecular complexity index is 657. The molecule has 0 radical (unpaired) electrons. The molecular formula is C15H15ClO3. The highest BCUT2D eigenvalue weighted by Crippen LogP contribution is 2.40. The Labute approximate surface area is 116 Å². The first-order valence-electron chi connectivity index (χ1n) is 6.43. The van der Waals surface area contributed by atoms with Crippen LogP contribution in [-0.2, 0) is 12.8 Å². The van der Waals surface area contributed by atoms with Gasteiger partial charge in [-0.15, -0.1) is 0 Å². The summed E-state index contributed by atoms with van der Waals surface area (Å²) in [6.45, 7) is 2.21. The van der Waals surface area contributed by atoms with Crippen molar-refractivity contribution in [3.05, 3.63) is 29.0 Å². The number of carbonyl (C=O) groups is 1. The summed E-state index contributed by atoms with van der Waals surface area (Å²) in [4.78, 5) is 11.6. The van der Waals surface area contributed by atoms with Crippen LogP contribution < -0.4 is 4.74 Å². The van der Waals surface area contributed by atoms with Crippen LogP contribution >= 0.6 is 11.6 Å². The maximum absolute atomic E-state index is 11.6. The Morgan fingerprint density at radius 1 is 1.47 bits per heavy atom. The highest BCUT2D eigenvalue weighted by molar-refractivity contribution is 6.68. The second-order valence-corrected chi connectivity index (χ2v) is 5.49. The van der Waals surface area contributed by atoms with E-state index in [4.69, 9.17) is 20.8 Å². The van der Waals surface area contributed by atoms with Crippen LogP contribution in [0.25, 0.3) is 11.0 Å². The zero-order valence-corrected chi connectivity index (χ0v) is 11.7. The number of carbonyl (C=O) groups excluding carboxylic acids is 1. The van der Waals surface area contributed by atoms with Crippen molar-refractivity contribution in [1.82, 2.24) is 0 Å². The van der Waals surface area contributed by atoms with Crippen LogP contribution in [0, 0.1) is 5.92 Å². The average Bonchev–Trinajstić information content (AvgIpc) is 2.75. The average molecular weight is 279 g/mol. The molecule has 0 saturated carbocycles. The highest BCUT2D eigenvalue weighted by Gasteiger charge is 2.26. The van der Waals surface area contributed by atoms with Gasteiger partial charge in [0.15, 0.2) is 11.3 Å². The lowest BCUT2D eigenvalue weighted by molar-refractivity contribution is 0.108. The number of benzene rings is 1. The predicted molar refractivity (Wildman–Crippen MR) is 74.1 cm³/mol. The molecule has 1 aliphatic carbocycles. The second kappa shape index (κ2) is 4.57. The maximum atomic E-state index is 11.6. The topological polar surface area (TPSA) is 39.4 Å². The van der Waals surface area contributed by atoms with Crippen molar-refractivity contribution in [2.24, 2.45) is 5.92 Å². The number of furan rings is 1. The Hall–Kier alpha value is -1.48. The summed E-state index contributed by atoms with van der Waals surface area (Å²) in [6, 6.07) is 3.45. The summed E-state index contributed by atoms with van der Waals surface area (Å²) >= 11 is 5.68. The Morgan fingerprint density at radius 2 is 2.26 bits per heavy atom. The van der Waals surface area contributed by atoms with E-state index in [1.54, 1.807) is 19.2 Å². The third-order valence-electron chi connectivity index (χ3n) is 3.84. The fraction of sp³-hybridized carbons (Fsp3) is 0.400. The van der Waals surface area contributed by atoms with Crippen LogP contribution in [0.5, 0.6) is 5.75 Å². The summed E-state index contributed by atoms with van der Waals surface area (Å²) in [5.74, 6) is 2.23. The summed E-state index contributed by atoms with van der Waals surface area (Å²) < 4.78 is 11.3. The number of aryl methyl sites for hydroxylation is 1. The molecule has 19 heavy (non-hydrogen) atoms. The zero-order chi connectivity index (χ0) is 13.6. The zero-order valence-electron chi connectivity index (χ0n) is 11.0. The minimum absolute atomic E-state index is 0.449. The highest BCUT2D eigenvalue weighted by atomic mass is 35.5. The minimum Gasteiger partial charge on any atom is -0.493 e. The first-order chi connectivity index (χ1) is 9.11. The van der Waals surface area contributed by atoms with E-state index < -0.39 is 5.24 Å². The molecule has 3 nitrogen and oxygen atoms in total. The molecule has 0 N–H and O–H groups in total. The van der Waals surface area contributed by atoms with Gasteiger partial charge >= 0.3 is 0 Å². The maximum Gasteiger partial charge on any atom is 0.253 e. The van der Waals surface area contributed by atoms with Gasteiger partial charge in [0, 0.05) is 22.9 Å². The molecule has 1 aromatic heterocycles. The fourth-order valence-corrected chi connectivity index (χ4v) is 3.01. The number of fused-ring (bicyclic) bond motifs is 3. The molecule has 2 aromatic rings. The van der Waals surface area contributed by atoms with E-state index in [1.165, 1.54) is 0 Å². The molecule has 0 bridgehead atoms. The van der Waals surface area contributed by atoms with Crippen LogP contribution in [0.15, 0.2) is 16.5 Å². The SMILES string of the molecule is COc1ccc(C(=O)Cl)c2c3c(oc12)CC(C)CC3. The van der Waals surface area contributed by atoms with Gasteiger partial charge in [-0.25, -0.2) is 0 Å². The molecule has 1 unspecified atom stereocenters. The van der Waals surface area contributed by atoms with Gasteiger partial charge in [0.2, 0.25) is 0 Å². The normalized spacial score (nSPS) is 18.4. The van der Waals surface area contributed by atoms with Crippen molar-refractivity contribution < 1.29 is 13.9 Å². The Balaban J connectivity index is 2.33. The fourth-order valence-electron chi connectivity index (χ4n) is 2.85. The van der Waals surface area contributed by atoms with Gasteiger partial charge < -0.3 is 9.15 Å². The van der Waals surface area contributed by atoms with Crippen LogP contribution in [-0.4, -0.2) is 12.4 Å². The van der Waals surface area contributed by atoms with Crippen LogP contribution in [0.3, 0.4) is 0 Å². The van der Waals surface area contributed by atoms with Crippen LogP contribution in [0.4, 0.5) is 0 Å². The standard InChI is InChI=1S/C15H15ClO3/c1-8-3-4-9-12(7-8)19-14-11(18-2)6-5-10(13(9)14)15(16)17/h5-6,8H,3-4,7H2,1-2H3.